The number of nitrogens with one attached hydrogen (secondary N) is 1. The number of ether oxygens (including phenoxy) is 2. The maximum atomic E-state index is 13.0. The van der Waals surface area contributed by atoms with Crippen LogP contribution in [0.1, 0.15) is 22.0 Å². The summed E-state index contributed by atoms with van der Waals surface area (Å²) in [6.45, 7) is 1.09. The van der Waals surface area contributed by atoms with E-state index in [2.05, 4.69) is 33.8 Å². The number of hydrogen-bond donors (Lipinski definition) is 1. The summed E-state index contributed by atoms with van der Waals surface area (Å²) in [5, 5.41) is 5.49. The zero-order valence-corrected chi connectivity index (χ0v) is 18.4. The van der Waals surface area contributed by atoms with Crippen LogP contribution in [0, 0.1) is 0 Å². The molecule has 3 aromatic rings. The van der Waals surface area contributed by atoms with Gasteiger partial charge in [-0.2, -0.15) is 0 Å². The van der Waals surface area contributed by atoms with Crippen LogP contribution in [0.2, 0.25) is 5.02 Å². The molecule has 1 atom stereocenters. The molecule has 0 bridgehead atoms. The standard InChI is InChI=1S/C23H23ClN2O3S/c1-28-19-13-20(29-2)18(12-17(19)24)25-22(27)14-26-10-8-21-16(9-11-30-21)23(26)15-6-4-3-5-7-15/h3-7,9,11-13,23H,8,10,14H2,1-2H3,(H,25,27). The van der Waals surface area contributed by atoms with Gasteiger partial charge < -0.3 is 14.8 Å². The van der Waals surface area contributed by atoms with Crippen molar-refractivity contribution in [3.05, 3.63) is 74.9 Å². The average Bonchev–Trinajstić information content (AvgIpc) is 3.23. The van der Waals surface area contributed by atoms with Crippen LogP contribution in [0.3, 0.4) is 0 Å². The van der Waals surface area contributed by atoms with E-state index < -0.39 is 0 Å². The minimum absolute atomic E-state index is 0.0632. The second-order valence-electron chi connectivity index (χ2n) is 7.07. The Morgan fingerprint density at radius 3 is 2.67 bits per heavy atom. The second kappa shape index (κ2) is 9.08. The van der Waals surface area contributed by atoms with Crippen molar-refractivity contribution >= 4 is 34.5 Å². The van der Waals surface area contributed by atoms with Crippen molar-refractivity contribution in [2.75, 3.05) is 32.6 Å². The minimum Gasteiger partial charge on any atom is -0.495 e. The minimum atomic E-state index is -0.117. The van der Waals surface area contributed by atoms with Gasteiger partial charge in [0.2, 0.25) is 5.91 Å². The number of nitrogens with zero attached hydrogens (tertiary/aromatic N) is 1. The maximum Gasteiger partial charge on any atom is 0.238 e. The van der Waals surface area contributed by atoms with Gasteiger partial charge in [0.25, 0.3) is 0 Å². The molecule has 1 aromatic heterocycles. The van der Waals surface area contributed by atoms with Gasteiger partial charge in [0.05, 0.1) is 37.5 Å². The van der Waals surface area contributed by atoms with E-state index in [1.54, 1.807) is 30.6 Å². The van der Waals surface area contributed by atoms with E-state index in [0.717, 1.165) is 13.0 Å². The van der Waals surface area contributed by atoms with E-state index in [4.69, 9.17) is 21.1 Å². The Kier molecular flexibility index (Phi) is 6.27. The van der Waals surface area contributed by atoms with Crippen LogP contribution >= 0.6 is 22.9 Å². The van der Waals surface area contributed by atoms with Crippen LogP contribution in [0.4, 0.5) is 5.69 Å². The molecule has 1 N–H and O–H groups in total. The Morgan fingerprint density at radius 1 is 1.17 bits per heavy atom. The summed E-state index contributed by atoms with van der Waals surface area (Å²) in [5.41, 5.74) is 3.00. The van der Waals surface area contributed by atoms with Crippen molar-refractivity contribution in [2.24, 2.45) is 0 Å². The molecular weight excluding hydrogens is 420 g/mol. The van der Waals surface area contributed by atoms with Gasteiger partial charge >= 0.3 is 0 Å². The molecule has 30 heavy (non-hydrogen) atoms. The molecule has 0 aliphatic carbocycles. The molecule has 0 radical (unpaired) electrons. The van der Waals surface area contributed by atoms with Crippen molar-refractivity contribution < 1.29 is 14.3 Å². The molecule has 0 fully saturated rings. The predicted molar refractivity (Wildman–Crippen MR) is 121 cm³/mol. The fourth-order valence-corrected chi connectivity index (χ4v) is 5.04. The molecule has 2 heterocycles. The first-order chi connectivity index (χ1) is 14.6. The molecule has 1 amide bonds. The fraction of sp³-hybridized carbons (Fsp3) is 0.261. The van der Waals surface area contributed by atoms with Crippen molar-refractivity contribution in [1.29, 1.82) is 0 Å². The zero-order chi connectivity index (χ0) is 21.1. The molecule has 0 spiro atoms. The smallest absolute Gasteiger partial charge is 0.238 e. The Morgan fingerprint density at radius 2 is 1.93 bits per heavy atom. The van der Waals surface area contributed by atoms with Gasteiger partial charge in [-0.3, -0.25) is 9.69 Å². The third-order valence-electron chi connectivity index (χ3n) is 5.28. The topological polar surface area (TPSA) is 50.8 Å². The number of amides is 1. The van der Waals surface area contributed by atoms with E-state index >= 15 is 0 Å². The van der Waals surface area contributed by atoms with E-state index in [-0.39, 0.29) is 18.5 Å². The maximum absolute atomic E-state index is 13.0. The molecule has 4 rings (SSSR count). The number of halogens is 1. The van der Waals surface area contributed by atoms with Crippen LogP contribution in [0.25, 0.3) is 0 Å². The Hall–Kier alpha value is -2.54. The Balaban J connectivity index is 1.56. The zero-order valence-electron chi connectivity index (χ0n) is 16.9. The lowest BCUT2D eigenvalue weighted by Crippen LogP contribution is -2.40. The van der Waals surface area contributed by atoms with Gasteiger partial charge in [0, 0.05) is 17.5 Å². The van der Waals surface area contributed by atoms with Crippen molar-refractivity contribution in [3.63, 3.8) is 0 Å². The van der Waals surface area contributed by atoms with Crippen LogP contribution in [-0.4, -0.2) is 38.1 Å². The highest BCUT2D eigenvalue weighted by Crippen LogP contribution is 2.38. The molecule has 156 valence electrons. The second-order valence-corrected chi connectivity index (χ2v) is 8.48. The Labute approximate surface area is 185 Å². The average molecular weight is 443 g/mol. The highest BCUT2D eigenvalue weighted by molar-refractivity contribution is 7.10. The van der Waals surface area contributed by atoms with Crippen LogP contribution < -0.4 is 14.8 Å². The molecule has 1 aliphatic heterocycles. The first-order valence-electron chi connectivity index (χ1n) is 9.67. The van der Waals surface area contributed by atoms with Gasteiger partial charge in [-0.25, -0.2) is 0 Å². The molecule has 1 unspecified atom stereocenters. The first-order valence-corrected chi connectivity index (χ1v) is 10.9. The van der Waals surface area contributed by atoms with Crippen molar-refractivity contribution in [3.8, 4) is 11.5 Å². The molecule has 0 saturated carbocycles. The Bertz CT molecular complexity index is 1040. The lowest BCUT2D eigenvalue weighted by atomic mass is 9.93. The fourth-order valence-electron chi connectivity index (χ4n) is 3.90. The van der Waals surface area contributed by atoms with E-state index in [9.17, 15) is 4.79 Å². The lowest BCUT2D eigenvalue weighted by molar-refractivity contribution is -0.117. The quantitative estimate of drug-likeness (QED) is 0.583. The number of hydrogen-bond acceptors (Lipinski definition) is 5. The van der Waals surface area contributed by atoms with Crippen molar-refractivity contribution in [2.45, 2.75) is 12.5 Å². The number of carbonyl (C=O) groups is 1. The van der Waals surface area contributed by atoms with E-state index in [1.165, 1.54) is 23.1 Å². The normalized spacial score (nSPS) is 16.0. The third-order valence-corrected chi connectivity index (χ3v) is 6.57. The monoisotopic (exact) mass is 442 g/mol. The number of thiophene rings is 1. The number of benzene rings is 2. The van der Waals surface area contributed by atoms with E-state index in [0.29, 0.717) is 22.2 Å². The predicted octanol–water partition coefficient (Wildman–Crippen LogP) is 5.00. The van der Waals surface area contributed by atoms with Crippen molar-refractivity contribution in [1.82, 2.24) is 4.90 Å². The number of anilines is 1. The van der Waals surface area contributed by atoms with Gasteiger partial charge in [0.15, 0.2) is 0 Å². The van der Waals surface area contributed by atoms with E-state index in [1.807, 2.05) is 18.2 Å². The summed E-state index contributed by atoms with van der Waals surface area (Å²) in [6.07, 6.45) is 0.946. The van der Waals surface area contributed by atoms with Gasteiger partial charge in [0.1, 0.15) is 11.5 Å². The number of rotatable bonds is 6. The molecule has 5 nitrogen and oxygen atoms in total. The third kappa shape index (κ3) is 4.17. The molecule has 1 aliphatic rings. The highest BCUT2D eigenvalue weighted by Gasteiger charge is 2.30. The molecule has 0 saturated heterocycles. The van der Waals surface area contributed by atoms with Crippen LogP contribution in [-0.2, 0) is 11.2 Å². The summed E-state index contributed by atoms with van der Waals surface area (Å²) in [4.78, 5) is 16.6. The molecule has 2 aromatic carbocycles. The largest absolute Gasteiger partial charge is 0.495 e. The SMILES string of the molecule is COc1cc(OC)c(NC(=O)CN2CCc3sccc3C2c2ccccc2)cc1Cl. The van der Waals surface area contributed by atoms with Crippen LogP contribution in [0.15, 0.2) is 53.9 Å². The molecular formula is C23H23ClN2O3S. The summed E-state index contributed by atoms with van der Waals surface area (Å²) in [6, 6.07) is 15.9. The van der Waals surface area contributed by atoms with Crippen LogP contribution in [0.5, 0.6) is 11.5 Å². The van der Waals surface area contributed by atoms with Gasteiger partial charge in [-0.05, 0) is 35.1 Å². The highest BCUT2D eigenvalue weighted by atomic mass is 35.5. The first kappa shape index (κ1) is 20.7. The number of methoxy groups -OCH3 is 2. The molecule has 7 heteroatoms. The van der Waals surface area contributed by atoms with Gasteiger partial charge in [-0.15, -0.1) is 11.3 Å². The lowest BCUT2D eigenvalue weighted by Gasteiger charge is -2.35. The number of fused-ring (bicyclic) bond motifs is 1. The summed E-state index contributed by atoms with van der Waals surface area (Å²) < 4.78 is 10.6. The van der Waals surface area contributed by atoms with Gasteiger partial charge in [-0.1, -0.05) is 41.9 Å². The summed E-state index contributed by atoms with van der Waals surface area (Å²) >= 11 is 8.03. The summed E-state index contributed by atoms with van der Waals surface area (Å²) in [5.74, 6) is 0.883. The number of carbonyl (C=O) groups excluding carboxylic acids is 1. The summed E-state index contributed by atoms with van der Waals surface area (Å²) in [7, 11) is 3.09.